The summed E-state index contributed by atoms with van der Waals surface area (Å²) in [4.78, 5) is 4.47. The zero-order valence-electron chi connectivity index (χ0n) is 14.7. The first-order valence-electron chi connectivity index (χ1n) is 8.63. The highest BCUT2D eigenvalue weighted by Gasteiger charge is 2.30. The lowest BCUT2D eigenvalue weighted by Gasteiger charge is -2.32. The highest BCUT2D eigenvalue weighted by Crippen LogP contribution is 2.27. The van der Waals surface area contributed by atoms with Gasteiger partial charge in [0.2, 0.25) is 5.79 Å². The number of benzene rings is 1. The molecule has 3 rings (SSSR count). The van der Waals surface area contributed by atoms with Crippen molar-refractivity contribution >= 4 is 16.7 Å². The maximum absolute atomic E-state index is 6.57. The Morgan fingerprint density at radius 2 is 2.08 bits per heavy atom. The van der Waals surface area contributed by atoms with Crippen molar-refractivity contribution in [2.24, 2.45) is 22.4 Å². The molecule has 5 heteroatoms. The minimum absolute atomic E-state index is 0.470. The van der Waals surface area contributed by atoms with Crippen LogP contribution in [-0.2, 0) is 12.3 Å². The number of nitrogens with one attached hydrogen (secondary N) is 1. The van der Waals surface area contributed by atoms with Crippen molar-refractivity contribution in [3.05, 3.63) is 47.8 Å². The smallest absolute Gasteiger partial charge is 0.211 e. The van der Waals surface area contributed by atoms with E-state index >= 15 is 0 Å². The quantitative estimate of drug-likeness (QED) is 0.790. The van der Waals surface area contributed by atoms with E-state index in [1.807, 2.05) is 12.1 Å². The molecule has 0 saturated heterocycles. The molecule has 5 nitrogen and oxygen atoms in total. The van der Waals surface area contributed by atoms with Crippen LogP contribution in [0.2, 0.25) is 0 Å². The molecule has 0 radical (unpaired) electrons. The van der Waals surface area contributed by atoms with E-state index in [4.69, 9.17) is 11.5 Å². The normalized spacial score (nSPS) is 20.9. The summed E-state index contributed by atoms with van der Waals surface area (Å²) in [5, 5.41) is 4.57. The Bertz CT molecular complexity index is 799. The number of fused-ring (bicyclic) bond motifs is 1. The Balaban J connectivity index is 2.01. The summed E-state index contributed by atoms with van der Waals surface area (Å²) in [6, 6.07) is 8.39. The summed E-state index contributed by atoms with van der Waals surface area (Å²) in [5.74, 6) is 0.0405. The van der Waals surface area contributed by atoms with Crippen LogP contribution in [0.1, 0.15) is 39.2 Å². The minimum Gasteiger partial charge on any atom is -0.384 e. The SMILES string of the molecule is CCCC1=CC(N)=NC(N)(c2ccc3ccn(CC(C)C)c3c2)N1. The first kappa shape index (κ1) is 16.6. The van der Waals surface area contributed by atoms with E-state index in [-0.39, 0.29) is 0 Å². The Hall–Kier alpha value is -2.27. The molecule has 2 aromatic rings. The average molecular weight is 325 g/mol. The van der Waals surface area contributed by atoms with Gasteiger partial charge in [-0.3, -0.25) is 5.73 Å². The number of nitrogens with two attached hydrogens (primary N) is 2. The second-order valence-corrected chi connectivity index (χ2v) is 6.98. The molecule has 5 N–H and O–H groups in total. The predicted molar refractivity (Wildman–Crippen MR) is 100 cm³/mol. The maximum Gasteiger partial charge on any atom is 0.211 e. The predicted octanol–water partition coefficient (Wildman–Crippen LogP) is 3.01. The standard InChI is InChI=1S/C19H27N5/c1-4-5-16-11-18(20)23-19(21,22-16)15-7-6-14-8-9-24(12-13(2)3)17(14)10-15/h6-11,13,22H,4-5,12,21H2,1-3H3,(H2,20,23). The van der Waals surface area contributed by atoms with Crippen molar-refractivity contribution in [3.63, 3.8) is 0 Å². The molecule has 1 unspecified atom stereocenters. The van der Waals surface area contributed by atoms with E-state index in [0.717, 1.165) is 30.6 Å². The Morgan fingerprint density at radius 3 is 2.79 bits per heavy atom. The van der Waals surface area contributed by atoms with Gasteiger partial charge in [0.25, 0.3) is 0 Å². The molecular formula is C19H27N5. The van der Waals surface area contributed by atoms with Crippen LogP contribution in [0.25, 0.3) is 10.9 Å². The fraction of sp³-hybridized carbons (Fsp3) is 0.421. The Kier molecular flexibility index (Phi) is 4.37. The van der Waals surface area contributed by atoms with Gasteiger partial charge in [0.15, 0.2) is 0 Å². The zero-order chi connectivity index (χ0) is 17.3. The van der Waals surface area contributed by atoms with E-state index in [1.54, 1.807) is 0 Å². The van der Waals surface area contributed by atoms with Crippen LogP contribution in [0, 0.1) is 5.92 Å². The van der Waals surface area contributed by atoms with Crippen LogP contribution in [-0.4, -0.2) is 10.4 Å². The van der Waals surface area contributed by atoms with E-state index in [2.05, 4.69) is 60.0 Å². The molecule has 0 saturated carbocycles. The van der Waals surface area contributed by atoms with Crippen LogP contribution in [0.5, 0.6) is 0 Å². The van der Waals surface area contributed by atoms with Crippen LogP contribution in [0.4, 0.5) is 0 Å². The molecule has 1 aliphatic rings. The Morgan fingerprint density at radius 1 is 1.29 bits per heavy atom. The van der Waals surface area contributed by atoms with Crippen molar-refractivity contribution in [2.45, 2.75) is 45.9 Å². The lowest BCUT2D eigenvalue weighted by Crippen LogP contribution is -2.51. The third kappa shape index (κ3) is 3.17. The molecule has 2 heterocycles. The largest absolute Gasteiger partial charge is 0.384 e. The highest BCUT2D eigenvalue weighted by atomic mass is 15.3. The summed E-state index contributed by atoms with van der Waals surface area (Å²) in [6.45, 7) is 7.54. The van der Waals surface area contributed by atoms with Gasteiger partial charge in [0.05, 0.1) is 0 Å². The average Bonchev–Trinajstić information content (AvgIpc) is 2.88. The van der Waals surface area contributed by atoms with Gasteiger partial charge >= 0.3 is 0 Å². The van der Waals surface area contributed by atoms with E-state index < -0.39 is 5.79 Å². The summed E-state index contributed by atoms with van der Waals surface area (Å²) in [7, 11) is 0. The summed E-state index contributed by atoms with van der Waals surface area (Å²) >= 11 is 0. The second-order valence-electron chi connectivity index (χ2n) is 6.98. The van der Waals surface area contributed by atoms with Gasteiger partial charge in [0, 0.05) is 29.5 Å². The number of nitrogens with zero attached hydrogens (tertiary/aromatic N) is 2. The maximum atomic E-state index is 6.57. The van der Waals surface area contributed by atoms with Gasteiger partial charge in [-0.05, 0) is 35.9 Å². The Labute approximate surface area is 143 Å². The molecule has 1 aromatic carbocycles. The first-order valence-corrected chi connectivity index (χ1v) is 8.63. The molecule has 0 bridgehead atoms. The summed E-state index contributed by atoms with van der Waals surface area (Å²) in [6.07, 6.45) is 5.93. The number of hydrogen-bond donors (Lipinski definition) is 3. The number of amidine groups is 1. The van der Waals surface area contributed by atoms with Crippen LogP contribution in [0.15, 0.2) is 47.2 Å². The van der Waals surface area contributed by atoms with E-state index in [0.29, 0.717) is 11.8 Å². The molecule has 0 amide bonds. The molecule has 0 fully saturated rings. The number of aromatic nitrogens is 1. The summed E-state index contributed by atoms with van der Waals surface area (Å²) < 4.78 is 2.27. The number of hydrogen-bond acceptors (Lipinski definition) is 4. The van der Waals surface area contributed by atoms with Crippen LogP contribution in [0.3, 0.4) is 0 Å². The van der Waals surface area contributed by atoms with E-state index in [1.165, 1.54) is 10.9 Å². The molecule has 24 heavy (non-hydrogen) atoms. The van der Waals surface area contributed by atoms with Crippen molar-refractivity contribution in [1.82, 2.24) is 9.88 Å². The first-order chi connectivity index (χ1) is 11.4. The molecule has 1 aromatic heterocycles. The fourth-order valence-corrected chi connectivity index (χ4v) is 3.24. The van der Waals surface area contributed by atoms with Gasteiger partial charge in [-0.15, -0.1) is 0 Å². The van der Waals surface area contributed by atoms with Crippen molar-refractivity contribution < 1.29 is 0 Å². The zero-order valence-corrected chi connectivity index (χ0v) is 14.7. The topological polar surface area (TPSA) is 81.4 Å². The number of allylic oxidation sites excluding steroid dienone is 1. The van der Waals surface area contributed by atoms with Gasteiger partial charge in [0.1, 0.15) is 5.84 Å². The van der Waals surface area contributed by atoms with Crippen LogP contribution >= 0.6 is 0 Å². The third-order valence-corrected chi connectivity index (χ3v) is 4.27. The lowest BCUT2D eigenvalue weighted by molar-refractivity contribution is 0.387. The monoisotopic (exact) mass is 325 g/mol. The molecule has 1 aliphatic heterocycles. The third-order valence-electron chi connectivity index (χ3n) is 4.27. The van der Waals surface area contributed by atoms with Crippen molar-refractivity contribution in [3.8, 4) is 0 Å². The molecule has 128 valence electrons. The van der Waals surface area contributed by atoms with Gasteiger partial charge < -0.3 is 15.6 Å². The lowest BCUT2D eigenvalue weighted by atomic mass is 10.0. The molecule has 0 aliphatic carbocycles. The van der Waals surface area contributed by atoms with Crippen LogP contribution < -0.4 is 16.8 Å². The highest BCUT2D eigenvalue weighted by molar-refractivity contribution is 5.93. The van der Waals surface area contributed by atoms with Gasteiger partial charge in [-0.25, -0.2) is 4.99 Å². The van der Waals surface area contributed by atoms with Crippen molar-refractivity contribution in [1.29, 1.82) is 0 Å². The molecule has 1 atom stereocenters. The second kappa shape index (κ2) is 6.32. The van der Waals surface area contributed by atoms with Gasteiger partial charge in [-0.2, -0.15) is 0 Å². The summed E-state index contributed by atoms with van der Waals surface area (Å²) in [5.41, 5.74) is 15.7. The number of rotatable bonds is 5. The molecule has 0 spiro atoms. The van der Waals surface area contributed by atoms with Crippen molar-refractivity contribution in [2.75, 3.05) is 0 Å². The van der Waals surface area contributed by atoms with Gasteiger partial charge in [-0.1, -0.05) is 39.3 Å². The number of aliphatic imine (C=N–C) groups is 1. The fourth-order valence-electron chi connectivity index (χ4n) is 3.24. The minimum atomic E-state index is -1.01. The molecular weight excluding hydrogens is 298 g/mol. The van der Waals surface area contributed by atoms with E-state index in [9.17, 15) is 0 Å².